The number of nitro groups is 1. The molecule has 2 aromatic carbocycles. The summed E-state index contributed by atoms with van der Waals surface area (Å²) in [6.07, 6.45) is -0.266. The van der Waals surface area contributed by atoms with Crippen LogP contribution in [0.3, 0.4) is 0 Å². The van der Waals surface area contributed by atoms with Gasteiger partial charge in [-0.05, 0) is 44.3 Å². The number of hydrogen-bond acceptors (Lipinski definition) is 6. The average Bonchev–Trinajstić information content (AvgIpc) is 3.01. The molecule has 7 heteroatoms. The van der Waals surface area contributed by atoms with E-state index in [9.17, 15) is 14.9 Å². The number of furan rings is 1. The molecule has 0 aliphatic heterocycles. The zero-order valence-electron chi connectivity index (χ0n) is 15.3. The van der Waals surface area contributed by atoms with Crippen LogP contribution in [-0.4, -0.2) is 36.1 Å². The second-order valence-electron chi connectivity index (χ2n) is 6.47. The second kappa shape index (κ2) is 7.59. The minimum Gasteiger partial charge on any atom is -0.446 e. The van der Waals surface area contributed by atoms with Gasteiger partial charge in [-0.3, -0.25) is 19.8 Å². The number of esters is 1. The van der Waals surface area contributed by atoms with Gasteiger partial charge in [0.25, 0.3) is 0 Å². The molecule has 0 aliphatic carbocycles. The second-order valence-corrected chi connectivity index (χ2v) is 6.47. The molecule has 0 saturated heterocycles. The lowest BCUT2D eigenvalue weighted by Gasteiger charge is -2.19. The molecule has 1 atom stereocenters. The fourth-order valence-corrected chi connectivity index (χ4v) is 2.76. The van der Waals surface area contributed by atoms with Gasteiger partial charge < -0.3 is 9.15 Å². The Bertz CT molecular complexity index is 979. The highest BCUT2D eigenvalue weighted by Crippen LogP contribution is 2.40. The highest BCUT2D eigenvalue weighted by molar-refractivity contribution is 5.99. The Morgan fingerprint density at radius 1 is 1.22 bits per heavy atom. The van der Waals surface area contributed by atoms with Crippen LogP contribution in [0.2, 0.25) is 0 Å². The molecule has 3 rings (SSSR count). The van der Waals surface area contributed by atoms with E-state index in [2.05, 4.69) is 0 Å². The van der Waals surface area contributed by atoms with E-state index < -0.39 is 4.92 Å². The SMILES string of the molecule is CC(OC(=O)Cc1ccc2oc([N+](=O)[O-])c(-c3ccccc3)c2c1)N(C)C. The van der Waals surface area contributed by atoms with Crippen molar-refractivity contribution in [3.63, 3.8) is 0 Å². The van der Waals surface area contributed by atoms with E-state index in [0.29, 0.717) is 27.7 Å². The molecule has 0 spiro atoms. The normalized spacial score (nSPS) is 12.3. The van der Waals surface area contributed by atoms with Crippen LogP contribution < -0.4 is 0 Å². The Morgan fingerprint density at radius 2 is 1.93 bits per heavy atom. The van der Waals surface area contributed by atoms with E-state index in [-0.39, 0.29) is 24.5 Å². The standard InChI is InChI=1S/C20H20N2O5/c1-13(21(2)3)26-18(23)12-14-9-10-17-16(11-14)19(20(27-17)22(24)25)15-7-5-4-6-8-15/h4-11,13H,12H2,1-3H3. The largest absolute Gasteiger partial charge is 0.446 e. The van der Waals surface area contributed by atoms with Crippen molar-refractivity contribution in [1.82, 2.24) is 4.90 Å². The minimum atomic E-state index is -0.533. The topological polar surface area (TPSA) is 85.8 Å². The lowest BCUT2D eigenvalue weighted by Crippen LogP contribution is -2.30. The Morgan fingerprint density at radius 3 is 2.56 bits per heavy atom. The van der Waals surface area contributed by atoms with Crippen LogP contribution in [0.4, 0.5) is 5.88 Å². The summed E-state index contributed by atoms with van der Waals surface area (Å²) < 4.78 is 10.8. The third-order valence-corrected chi connectivity index (χ3v) is 4.34. The van der Waals surface area contributed by atoms with Gasteiger partial charge in [0.15, 0.2) is 6.23 Å². The number of hydrogen-bond donors (Lipinski definition) is 0. The molecule has 27 heavy (non-hydrogen) atoms. The number of benzene rings is 2. The van der Waals surface area contributed by atoms with Gasteiger partial charge in [0, 0.05) is 5.39 Å². The number of fused-ring (bicyclic) bond motifs is 1. The highest BCUT2D eigenvalue weighted by Gasteiger charge is 2.25. The zero-order chi connectivity index (χ0) is 19.6. The van der Waals surface area contributed by atoms with E-state index >= 15 is 0 Å². The summed E-state index contributed by atoms with van der Waals surface area (Å²) in [6, 6.07) is 14.1. The maximum absolute atomic E-state index is 12.2. The maximum Gasteiger partial charge on any atom is 0.442 e. The van der Waals surface area contributed by atoms with Crippen molar-refractivity contribution in [3.8, 4) is 11.1 Å². The van der Waals surface area contributed by atoms with E-state index in [1.54, 1.807) is 42.2 Å². The van der Waals surface area contributed by atoms with E-state index in [1.165, 1.54) is 0 Å². The van der Waals surface area contributed by atoms with E-state index in [1.807, 2.05) is 32.3 Å². The lowest BCUT2D eigenvalue weighted by atomic mass is 10.0. The lowest BCUT2D eigenvalue weighted by molar-refractivity contribution is -0.400. The Kier molecular flexibility index (Phi) is 5.23. The molecule has 0 amide bonds. The number of carbonyl (C=O) groups excluding carboxylic acids is 1. The first-order valence-corrected chi connectivity index (χ1v) is 8.48. The minimum absolute atomic E-state index is 0.0708. The Balaban J connectivity index is 1.99. The van der Waals surface area contributed by atoms with Gasteiger partial charge in [-0.25, -0.2) is 0 Å². The predicted octanol–water partition coefficient (Wildman–Crippen LogP) is 4.00. The highest BCUT2D eigenvalue weighted by atomic mass is 16.6. The monoisotopic (exact) mass is 368 g/mol. The van der Waals surface area contributed by atoms with E-state index in [4.69, 9.17) is 9.15 Å². The summed E-state index contributed by atoms with van der Waals surface area (Å²) in [5.41, 5.74) is 2.20. The quantitative estimate of drug-likeness (QED) is 0.283. The molecule has 0 aliphatic rings. The number of rotatable bonds is 6. The molecule has 0 saturated carbocycles. The molecule has 1 unspecified atom stereocenters. The summed E-state index contributed by atoms with van der Waals surface area (Å²) >= 11 is 0. The van der Waals surface area contributed by atoms with Crippen LogP contribution in [0, 0.1) is 10.1 Å². The smallest absolute Gasteiger partial charge is 0.442 e. The Hall–Kier alpha value is -3.19. The summed E-state index contributed by atoms with van der Waals surface area (Å²) in [5.74, 6) is -0.674. The molecule has 7 nitrogen and oxygen atoms in total. The molecular weight excluding hydrogens is 348 g/mol. The third-order valence-electron chi connectivity index (χ3n) is 4.34. The van der Waals surface area contributed by atoms with Crippen LogP contribution in [0.25, 0.3) is 22.1 Å². The van der Waals surface area contributed by atoms with Crippen LogP contribution in [0.1, 0.15) is 12.5 Å². The van der Waals surface area contributed by atoms with Crippen LogP contribution in [0.5, 0.6) is 0 Å². The molecule has 0 fully saturated rings. The fraction of sp³-hybridized carbons (Fsp3) is 0.250. The van der Waals surface area contributed by atoms with Gasteiger partial charge in [0.05, 0.1) is 6.42 Å². The molecule has 0 N–H and O–H groups in total. The van der Waals surface area contributed by atoms with Gasteiger partial charge in [0.1, 0.15) is 16.1 Å². The first-order valence-electron chi connectivity index (χ1n) is 8.48. The van der Waals surface area contributed by atoms with E-state index in [0.717, 1.165) is 0 Å². The number of nitrogens with zero attached hydrogens (tertiary/aromatic N) is 2. The number of carbonyl (C=O) groups is 1. The van der Waals surface area contributed by atoms with Gasteiger partial charge in [-0.2, -0.15) is 0 Å². The number of ether oxygens (including phenoxy) is 1. The molecular formula is C20H20N2O5. The zero-order valence-corrected chi connectivity index (χ0v) is 15.3. The first-order chi connectivity index (χ1) is 12.9. The molecule has 0 bridgehead atoms. The van der Waals surface area contributed by atoms with Crippen molar-refractivity contribution < 1.29 is 18.9 Å². The predicted molar refractivity (Wildman–Crippen MR) is 101 cm³/mol. The van der Waals surface area contributed by atoms with Crippen LogP contribution in [0.15, 0.2) is 52.9 Å². The van der Waals surface area contributed by atoms with Crippen molar-refractivity contribution in [3.05, 3.63) is 64.2 Å². The van der Waals surface area contributed by atoms with Gasteiger partial charge in [0.2, 0.25) is 0 Å². The van der Waals surface area contributed by atoms with Crippen LogP contribution >= 0.6 is 0 Å². The fourth-order valence-electron chi connectivity index (χ4n) is 2.76. The molecule has 3 aromatic rings. The van der Waals surface area contributed by atoms with Crippen molar-refractivity contribution >= 4 is 22.8 Å². The summed E-state index contributed by atoms with van der Waals surface area (Å²) in [4.78, 5) is 24.8. The van der Waals surface area contributed by atoms with Crippen molar-refractivity contribution in [2.24, 2.45) is 0 Å². The summed E-state index contributed by atoms with van der Waals surface area (Å²) in [5, 5.41) is 12.0. The molecule has 1 heterocycles. The van der Waals surface area contributed by atoms with Gasteiger partial charge in [-0.15, -0.1) is 0 Å². The van der Waals surface area contributed by atoms with Crippen LogP contribution in [-0.2, 0) is 16.0 Å². The molecule has 140 valence electrons. The van der Waals surface area contributed by atoms with Crippen molar-refractivity contribution in [2.75, 3.05) is 14.1 Å². The average molecular weight is 368 g/mol. The van der Waals surface area contributed by atoms with Gasteiger partial charge in [-0.1, -0.05) is 36.4 Å². The molecule has 1 aromatic heterocycles. The summed E-state index contributed by atoms with van der Waals surface area (Å²) in [7, 11) is 3.64. The maximum atomic E-state index is 12.2. The first kappa shape index (κ1) is 18.6. The third kappa shape index (κ3) is 3.98. The van der Waals surface area contributed by atoms with Gasteiger partial charge >= 0.3 is 11.9 Å². The van der Waals surface area contributed by atoms with Crippen molar-refractivity contribution in [2.45, 2.75) is 19.6 Å². The Labute approximate surface area is 156 Å². The van der Waals surface area contributed by atoms with Crippen molar-refractivity contribution in [1.29, 1.82) is 0 Å². The molecule has 0 radical (unpaired) electrons. The summed E-state index contributed by atoms with van der Waals surface area (Å²) in [6.45, 7) is 1.79.